The van der Waals surface area contributed by atoms with E-state index in [0.717, 1.165) is 29.7 Å². The Balaban J connectivity index is 1.74. The largest absolute Gasteiger partial charge is 0.314 e. The van der Waals surface area contributed by atoms with Crippen LogP contribution in [-0.2, 0) is 6.54 Å². The average Bonchev–Trinajstić information content (AvgIpc) is 2.88. The van der Waals surface area contributed by atoms with E-state index >= 15 is 0 Å². The Kier molecular flexibility index (Phi) is 3.43. The third-order valence-electron chi connectivity index (χ3n) is 3.57. The van der Waals surface area contributed by atoms with Crippen molar-refractivity contribution in [1.82, 2.24) is 14.9 Å². The summed E-state index contributed by atoms with van der Waals surface area (Å²) >= 11 is 1.48. The van der Waals surface area contributed by atoms with Crippen molar-refractivity contribution in [3.05, 3.63) is 28.1 Å². The summed E-state index contributed by atoms with van der Waals surface area (Å²) in [5, 5.41) is 5.43. The second-order valence-corrected chi connectivity index (χ2v) is 5.73. The van der Waals surface area contributed by atoms with Gasteiger partial charge in [0.15, 0.2) is 0 Å². The Morgan fingerprint density at radius 3 is 3.28 bits per heavy atom. The highest BCUT2D eigenvalue weighted by Crippen LogP contribution is 2.14. The first kappa shape index (κ1) is 11.9. The standard InChI is InChI=1S/C13H17N3OS/c17-13-12-11(5-8-18-12)15-9-16(13)7-4-10-3-1-2-6-14-10/h5,8-10,14H,1-4,6-7H2. The minimum Gasteiger partial charge on any atom is -0.314 e. The number of hydrogen-bond acceptors (Lipinski definition) is 4. The van der Waals surface area contributed by atoms with Crippen LogP contribution in [0.25, 0.3) is 10.2 Å². The van der Waals surface area contributed by atoms with E-state index in [1.165, 1.54) is 30.6 Å². The summed E-state index contributed by atoms with van der Waals surface area (Å²) < 4.78 is 2.52. The molecule has 1 unspecified atom stereocenters. The fraction of sp³-hybridized carbons (Fsp3) is 0.538. The number of piperidine rings is 1. The summed E-state index contributed by atoms with van der Waals surface area (Å²) in [6.07, 6.45) is 6.50. The van der Waals surface area contributed by atoms with Gasteiger partial charge in [0.1, 0.15) is 4.70 Å². The lowest BCUT2D eigenvalue weighted by Crippen LogP contribution is -2.35. The van der Waals surface area contributed by atoms with Crippen LogP contribution in [0.1, 0.15) is 25.7 Å². The lowest BCUT2D eigenvalue weighted by atomic mass is 10.0. The monoisotopic (exact) mass is 263 g/mol. The van der Waals surface area contributed by atoms with Gasteiger partial charge in [0.25, 0.3) is 5.56 Å². The smallest absolute Gasteiger partial charge is 0.271 e. The first-order valence-corrected chi connectivity index (χ1v) is 7.38. The molecule has 0 amide bonds. The molecule has 2 aromatic heterocycles. The molecule has 96 valence electrons. The topological polar surface area (TPSA) is 46.9 Å². The van der Waals surface area contributed by atoms with Gasteiger partial charge in [-0.1, -0.05) is 6.42 Å². The summed E-state index contributed by atoms with van der Waals surface area (Å²) in [5.74, 6) is 0. The van der Waals surface area contributed by atoms with Crippen molar-refractivity contribution in [2.75, 3.05) is 6.54 Å². The second kappa shape index (κ2) is 5.20. The Labute approximate surface area is 110 Å². The lowest BCUT2D eigenvalue weighted by Gasteiger charge is -2.23. The molecule has 0 aromatic carbocycles. The van der Waals surface area contributed by atoms with E-state index in [4.69, 9.17) is 0 Å². The fourth-order valence-electron chi connectivity index (χ4n) is 2.50. The molecule has 0 aliphatic carbocycles. The SMILES string of the molecule is O=c1c2sccc2ncn1CCC1CCCCN1. The second-order valence-electron chi connectivity index (χ2n) is 4.81. The van der Waals surface area contributed by atoms with Crippen LogP contribution >= 0.6 is 11.3 Å². The Bertz CT molecular complexity index is 583. The Morgan fingerprint density at radius 2 is 2.44 bits per heavy atom. The molecule has 1 aliphatic rings. The first-order chi connectivity index (χ1) is 8.84. The molecule has 5 heteroatoms. The van der Waals surface area contributed by atoms with Crippen molar-refractivity contribution in [2.45, 2.75) is 38.3 Å². The molecule has 0 saturated carbocycles. The maximum absolute atomic E-state index is 12.2. The van der Waals surface area contributed by atoms with Gasteiger partial charge >= 0.3 is 0 Å². The van der Waals surface area contributed by atoms with Crippen LogP contribution in [0.3, 0.4) is 0 Å². The summed E-state index contributed by atoms with van der Waals surface area (Å²) in [6.45, 7) is 1.87. The van der Waals surface area contributed by atoms with Gasteiger partial charge in [0, 0.05) is 12.6 Å². The molecule has 3 heterocycles. The molecule has 2 aromatic rings. The zero-order valence-electron chi connectivity index (χ0n) is 10.3. The van der Waals surface area contributed by atoms with Crippen molar-refractivity contribution in [2.24, 2.45) is 0 Å². The van der Waals surface area contributed by atoms with Gasteiger partial charge in [-0.2, -0.15) is 0 Å². The highest BCUT2D eigenvalue weighted by atomic mass is 32.1. The van der Waals surface area contributed by atoms with E-state index in [0.29, 0.717) is 6.04 Å². The lowest BCUT2D eigenvalue weighted by molar-refractivity contribution is 0.365. The third kappa shape index (κ3) is 2.33. The maximum atomic E-state index is 12.2. The summed E-state index contributed by atoms with van der Waals surface area (Å²) in [5.41, 5.74) is 0.919. The molecular weight excluding hydrogens is 246 g/mol. The summed E-state index contributed by atoms with van der Waals surface area (Å²) in [4.78, 5) is 16.5. The van der Waals surface area contributed by atoms with Crippen molar-refractivity contribution >= 4 is 21.6 Å². The highest BCUT2D eigenvalue weighted by Gasteiger charge is 2.13. The van der Waals surface area contributed by atoms with Crippen LogP contribution in [0, 0.1) is 0 Å². The number of hydrogen-bond donors (Lipinski definition) is 1. The molecule has 18 heavy (non-hydrogen) atoms. The van der Waals surface area contributed by atoms with Gasteiger partial charge in [0.05, 0.1) is 11.8 Å². The van der Waals surface area contributed by atoms with Crippen molar-refractivity contribution in [1.29, 1.82) is 0 Å². The average molecular weight is 263 g/mol. The fourth-order valence-corrected chi connectivity index (χ4v) is 3.30. The van der Waals surface area contributed by atoms with Crippen LogP contribution < -0.4 is 10.9 Å². The highest BCUT2D eigenvalue weighted by molar-refractivity contribution is 7.17. The van der Waals surface area contributed by atoms with Crippen LogP contribution in [-0.4, -0.2) is 22.1 Å². The van der Waals surface area contributed by atoms with Crippen molar-refractivity contribution < 1.29 is 0 Å². The third-order valence-corrected chi connectivity index (χ3v) is 4.46. The van der Waals surface area contributed by atoms with E-state index in [1.807, 2.05) is 11.4 Å². The molecular formula is C13H17N3OS. The number of nitrogens with one attached hydrogen (secondary N) is 1. The van der Waals surface area contributed by atoms with E-state index < -0.39 is 0 Å². The van der Waals surface area contributed by atoms with E-state index in [9.17, 15) is 4.79 Å². The normalized spacial score (nSPS) is 20.3. The number of rotatable bonds is 3. The quantitative estimate of drug-likeness (QED) is 0.921. The van der Waals surface area contributed by atoms with Gasteiger partial charge in [0.2, 0.25) is 0 Å². The molecule has 1 saturated heterocycles. The molecule has 1 atom stereocenters. The van der Waals surface area contributed by atoms with Crippen molar-refractivity contribution in [3.63, 3.8) is 0 Å². The molecule has 0 bridgehead atoms. The molecule has 4 nitrogen and oxygen atoms in total. The van der Waals surface area contributed by atoms with E-state index in [1.54, 1.807) is 10.9 Å². The van der Waals surface area contributed by atoms with Gasteiger partial charge in [-0.05, 0) is 37.3 Å². The van der Waals surface area contributed by atoms with Crippen LogP contribution in [0.2, 0.25) is 0 Å². The van der Waals surface area contributed by atoms with Crippen LogP contribution in [0.4, 0.5) is 0 Å². The molecule has 0 radical (unpaired) electrons. The minimum absolute atomic E-state index is 0.103. The van der Waals surface area contributed by atoms with Gasteiger partial charge in [-0.15, -0.1) is 11.3 Å². The predicted molar refractivity (Wildman–Crippen MR) is 74.1 cm³/mol. The minimum atomic E-state index is 0.103. The maximum Gasteiger partial charge on any atom is 0.271 e. The zero-order valence-corrected chi connectivity index (χ0v) is 11.1. The molecule has 1 aliphatic heterocycles. The molecule has 3 rings (SSSR count). The number of nitrogens with zero attached hydrogens (tertiary/aromatic N) is 2. The number of aryl methyl sites for hydroxylation is 1. The van der Waals surface area contributed by atoms with Crippen LogP contribution in [0.15, 0.2) is 22.6 Å². The zero-order chi connectivity index (χ0) is 12.4. The molecule has 1 N–H and O–H groups in total. The Hall–Kier alpha value is -1.20. The summed E-state index contributed by atoms with van der Waals surface area (Å²) in [7, 11) is 0. The molecule has 1 fully saturated rings. The van der Waals surface area contributed by atoms with E-state index in [-0.39, 0.29) is 5.56 Å². The number of fused-ring (bicyclic) bond motifs is 1. The summed E-state index contributed by atoms with van der Waals surface area (Å²) in [6, 6.07) is 2.46. The van der Waals surface area contributed by atoms with E-state index in [2.05, 4.69) is 10.3 Å². The van der Waals surface area contributed by atoms with Gasteiger partial charge < -0.3 is 5.32 Å². The number of aromatic nitrogens is 2. The number of thiophene rings is 1. The first-order valence-electron chi connectivity index (χ1n) is 6.50. The Morgan fingerprint density at radius 1 is 1.50 bits per heavy atom. The molecule has 0 spiro atoms. The van der Waals surface area contributed by atoms with Gasteiger partial charge in [-0.25, -0.2) is 4.98 Å². The predicted octanol–water partition coefficient (Wildman–Crippen LogP) is 1.99. The van der Waals surface area contributed by atoms with Gasteiger partial charge in [-0.3, -0.25) is 9.36 Å². The van der Waals surface area contributed by atoms with Crippen molar-refractivity contribution in [3.8, 4) is 0 Å². The van der Waals surface area contributed by atoms with Crippen LogP contribution in [0.5, 0.6) is 0 Å².